The first kappa shape index (κ1) is 20.2. The second-order valence-corrected chi connectivity index (χ2v) is 6.82. The minimum atomic E-state index is -0.607. The fourth-order valence-electron chi connectivity index (χ4n) is 3.12. The Morgan fingerprint density at radius 1 is 1.03 bits per heavy atom. The van der Waals surface area contributed by atoms with Crippen molar-refractivity contribution in [3.63, 3.8) is 0 Å². The van der Waals surface area contributed by atoms with E-state index in [1.165, 1.54) is 25.3 Å². The molecule has 29 heavy (non-hydrogen) atoms. The van der Waals surface area contributed by atoms with Crippen LogP contribution in [0.4, 0.5) is 11.4 Å². The van der Waals surface area contributed by atoms with E-state index in [0.717, 1.165) is 24.3 Å². The van der Waals surface area contributed by atoms with Crippen LogP contribution in [-0.4, -0.2) is 31.6 Å². The molecule has 0 atom stereocenters. The maximum Gasteiger partial charge on any atom is 0.331 e. The van der Waals surface area contributed by atoms with E-state index >= 15 is 0 Å². The van der Waals surface area contributed by atoms with Crippen LogP contribution in [0.2, 0.25) is 0 Å². The molecule has 1 N–H and O–H groups in total. The number of hydrogen-bond acceptors (Lipinski definition) is 5. The molecule has 0 spiro atoms. The fraction of sp³-hybridized carbons (Fsp3) is 0.261. The minimum Gasteiger partial charge on any atom is -0.452 e. The van der Waals surface area contributed by atoms with Crippen LogP contribution in [0.1, 0.15) is 30.4 Å². The van der Waals surface area contributed by atoms with Crippen molar-refractivity contribution in [2.45, 2.75) is 19.3 Å². The van der Waals surface area contributed by atoms with Crippen molar-refractivity contribution in [3.8, 4) is 6.07 Å². The molecule has 1 aliphatic heterocycles. The highest BCUT2D eigenvalue weighted by Crippen LogP contribution is 2.21. The number of hydrogen-bond donors (Lipinski definition) is 1. The van der Waals surface area contributed by atoms with Gasteiger partial charge in [0.1, 0.15) is 0 Å². The number of rotatable bonds is 6. The lowest BCUT2D eigenvalue weighted by molar-refractivity contribution is -0.142. The van der Waals surface area contributed by atoms with Crippen LogP contribution in [0.3, 0.4) is 0 Å². The molecule has 1 saturated heterocycles. The van der Waals surface area contributed by atoms with Crippen LogP contribution in [0.25, 0.3) is 6.08 Å². The van der Waals surface area contributed by atoms with Crippen molar-refractivity contribution < 1.29 is 14.3 Å². The quantitative estimate of drug-likeness (QED) is 0.601. The smallest absolute Gasteiger partial charge is 0.331 e. The first-order chi connectivity index (χ1) is 14.1. The van der Waals surface area contributed by atoms with Crippen molar-refractivity contribution >= 4 is 29.3 Å². The number of nitrogens with one attached hydrogen (secondary N) is 1. The summed E-state index contributed by atoms with van der Waals surface area (Å²) in [5.41, 5.74) is 3.13. The third-order valence-electron chi connectivity index (χ3n) is 4.67. The molecule has 0 bridgehead atoms. The number of nitrogens with zero attached hydrogens (tertiary/aromatic N) is 2. The second kappa shape index (κ2) is 10.1. The molecule has 1 heterocycles. The standard InChI is InChI=1S/C23H23N3O3/c24-16-19-6-4-18(5-7-19)8-13-23(28)29-17-22(27)25-20-9-11-21(12-10-20)26-14-2-1-3-15-26/h4-13H,1-3,14-15,17H2,(H,25,27)/b13-8+. The Hall–Kier alpha value is -3.59. The van der Waals surface area contributed by atoms with Crippen LogP contribution in [0.5, 0.6) is 0 Å². The molecule has 148 valence electrons. The van der Waals surface area contributed by atoms with Gasteiger partial charge in [0.05, 0.1) is 11.6 Å². The van der Waals surface area contributed by atoms with E-state index in [4.69, 9.17) is 10.00 Å². The van der Waals surface area contributed by atoms with Crippen LogP contribution < -0.4 is 10.2 Å². The Balaban J connectivity index is 1.43. The first-order valence-corrected chi connectivity index (χ1v) is 9.64. The van der Waals surface area contributed by atoms with Crippen LogP contribution in [-0.2, 0) is 14.3 Å². The van der Waals surface area contributed by atoms with Crippen molar-refractivity contribution in [1.82, 2.24) is 0 Å². The predicted octanol–water partition coefficient (Wildman–Crippen LogP) is 3.74. The van der Waals surface area contributed by atoms with Crippen molar-refractivity contribution in [1.29, 1.82) is 5.26 Å². The van der Waals surface area contributed by atoms with Gasteiger partial charge in [0, 0.05) is 30.5 Å². The van der Waals surface area contributed by atoms with Crippen molar-refractivity contribution in [2.24, 2.45) is 0 Å². The van der Waals surface area contributed by atoms with Gasteiger partial charge in [-0.15, -0.1) is 0 Å². The number of nitriles is 1. The summed E-state index contributed by atoms with van der Waals surface area (Å²) in [6, 6.07) is 16.5. The summed E-state index contributed by atoms with van der Waals surface area (Å²) in [5.74, 6) is -0.999. The van der Waals surface area contributed by atoms with E-state index < -0.39 is 11.9 Å². The van der Waals surface area contributed by atoms with Crippen LogP contribution in [0.15, 0.2) is 54.6 Å². The van der Waals surface area contributed by atoms with Gasteiger partial charge in [-0.2, -0.15) is 5.26 Å². The number of ether oxygens (including phenoxy) is 1. The number of benzene rings is 2. The first-order valence-electron chi connectivity index (χ1n) is 9.64. The molecule has 2 aromatic rings. The molecular weight excluding hydrogens is 366 g/mol. The zero-order chi connectivity index (χ0) is 20.5. The largest absolute Gasteiger partial charge is 0.452 e. The lowest BCUT2D eigenvalue weighted by Crippen LogP contribution is -2.29. The summed E-state index contributed by atoms with van der Waals surface area (Å²) in [5, 5.41) is 11.5. The fourth-order valence-corrected chi connectivity index (χ4v) is 3.12. The topological polar surface area (TPSA) is 82.4 Å². The molecule has 0 radical (unpaired) electrons. The number of anilines is 2. The van der Waals surface area contributed by atoms with Crippen molar-refractivity contribution in [3.05, 3.63) is 65.7 Å². The van der Waals surface area contributed by atoms with E-state index in [-0.39, 0.29) is 6.61 Å². The van der Waals surface area contributed by atoms with Crippen molar-refractivity contribution in [2.75, 3.05) is 29.9 Å². The van der Waals surface area contributed by atoms with Gasteiger partial charge >= 0.3 is 5.97 Å². The van der Waals surface area contributed by atoms with E-state index in [1.807, 2.05) is 30.3 Å². The Morgan fingerprint density at radius 2 is 1.72 bits per heavy atom. The molecule has 1 aliphatic rings. The summed E-state index contributed by atoms with van der Waals surface area (Å²) in [4.78, 5) is 26.1. The minimum absolute atomic E-state index is 0.357. The normalized spacial score (nSPS) is 13.7. The monoisotopic (exact) mass is 389 g/mol. The zero-order valence-electron chi connectivity index (χ0n) is 16.1. The maximum absolute atomic E-state index is 12.0. The summed E-state index contributed by atoms with van der Waals surface area (Å²) in [6.45, 7) is 1.78. The highest BCUT2D eigenvalue weighted by Gasteiger charge is 2.11. The van der Waals surface area contributed by atoms with Gasteiger partial charge in [0.25, 0.3) is 5.91 Å². The van der Waals surface area contributed by atoms with E-state index in [2.05, 4.69) is 10.2 Å². The highest BCUT2D eigenvalue weighted by molar-refractivity contribution is 5.94. The van der Waals surface area contributed by atoms with Crippen LogP contribution in [0, 0.1) is 11.3 Å². The predicted molar refractivity (Wildman–Crippen MR) is 112 cm³/mol. The molecule has 0 unspecified atom stereocenters. The van der Waals surface area contributed by atoms with E-state index in [1.54, 1.807) is 30.3 Å². The Bertz CT molecular complexity index is 906. The Morgan fingerprint density at radius 3 is 2.38 bits per heavy atom. The van der Waals surface area contributed by atoms with E-state index in [9.17, 15) is 9.59 Å². The molecular formula is C23H23N3O3. The highest BCUT2D eigenvalue weighted by atomic mass is 16.5. The zero-order valence-corrected chi connectivity index (χ0v) is 16.1. The number of carbonyl (C=O) groups excluding carboxylic acids is 2. The molecule has 0 aliphatic carbocycles. The van der Waals surface area contributed by atoms with Gasteiger partial charge < -0.3 is 15.0 Å². The Labute approximate surface area is 170 Å². The lowest BCUT2D eigenvalue weighted by atomic mass is 10.1. The summed E-state index contributed by atoms with van der Waals surface area (Å²) >= 11 is 0. The molecule has 1 amide bonds. The molecule has 1 fully saturated rings. The Kier molecular flexibility index (Phi) is 7.01. The summed E-state index contributed by atoms with van der Waals surface area (Å²) < 4.78 is 4.96. The van der Waals surface area contributed by atoms with Gasteiger partial charge in [-0.3, -0.25) is 4.79 Å². The second-order valence-electron chi connectivity index (χ2n) is 6.82. The molecule has 0 aromatic heterocycles. The average Bonchev–Trinajstić information content (AvgIpc) is 2.78. The SMILES string of the molecule is N#Cc1ccc(/C=C/C(=O)OCC(=O)Nc2ccc(N3CCCCC3)cc2)cc1. The summed E-state index contributed by atoms with van der Waals surface area (Å²) in [7, 11) is 0. The van der Waals surface area contributed by atoms with Crippen LogP contribution >= 0.6 is 0 Å². The molecule has 0 saturated carbocycles. The average molecular weight is 389 g/mol. The molecule has 2 aromatic carbocycles. The van der Waals surface area contributed by atoms with Gasteiger partial charge in [-0.05, 0) is 67.3 Å². The number of amides is 1. The lowest BCUT2D eigenvalue weighted by Gasteiger charge is -2.28. The third kappa shape index (κ3) is 6.22. The summed E-state index contributed by atoms with van der Waals surface area (Å²) in [6.07, 6.45) is 6.53. The maximum atomic E-state index is 12.0. The van der Waals surface area contributed by atoms with Gasteiger partial charge in [0.2, 0.25) is 0 Å². The molecule has 6 nitrogen and oxygen atoms in total. The van der Waals surface area contributed by atoms with Gasteiger partial charge in [-0.1, -0.05) is 12.1 Å². The number of carbonyl (C=O) groups is 2. The van der Waals surface area contributed by atoms with E-state index in [0.29, 0.717) is 11.3 Å². The molecule has 3 rings (SSSR count). The number of piperidine rings is 1. The third-order valence-corrected chi connectivity index (χ3v) is 4.67. The van der Waals surface area contributed by atoms with Gasteiger partial charge in [0.15, 0.2) is 6.61 Å². The number of esters is 1. The van der Waals surface area contributed by atoms with Gasteiger partial charge in [-0.25, -0.2) is 4.79 Å². The molecule has 6 heteroatoms.